The Bertz CT molecular complexity index is 742. The zero-order valence-electron chi connectivity index (χ0n) is 12.9. The van der Waals surface area contributed by atoms with E-state index in [0.29, 0.717) is 12.1 Å². The molecule has 10 heteroatoms. The van der Waals surface area contributed by atoms with Crippen molar-refractivity contribution >= 4 is 25.5 Å². The second kappa shape index (κ2) is 7.65. The summed E-state index contributed by atoms with van der Waals surface area (Å²) in [6, 6.07) is 0. The topological polar surface area (TPSA) is 139 Å². The van der Waals surface area contributed by atoms with E-state index in [0.717, 1.165) is 6.42 Å². The van der Waals surface area contributed by atoms with Crippen LogP contribution in [0.3, 0.4) is 0 Å². The zero-order chi connectivity index (χ0) is 17.0. The van der Waals surface area contributed by atoms with Gasteiger partial charge in [0.2, 0.25) is 5.95 Å². The second-order valence-corrected chi connectivity index (χ2v) is 5.58. The van der Waals surface area contributed by atoms with Gasteiger partial charge in [-0.05, 0) is 18.7 Å². The average molecular weight is 341 g/mol. The number of aromatic amines is 1. The van der Waals surface area contributed by atoms with E-state index in [1.54, 1.807) is 10.6 Å². The monoisotopic (exact) mass is 341 g/mol. The lowest BCUT2D eigenvalue weighted by Crippen LogP contribution is -2.14. The van der Waals surface area contributed by atoms with Crippen LogP contribution in [0.5, 0.6) is 0 Å². The standard InChI is InChI=1S/C11H14N5O4P.C2H6/c12-11-14-9-8(10(17)15-11)13-5-16(9)7-2-1-6(20-7)3-4-21(18)19;1-2/h3-7,18-19H,1-2H2,(H3,12,14,15,17);1-2H3/b4-3+;. The fourth-order valence-corrected chi connectivity index (χ4v) is 2.66. The first-order chi connectivity index (χ1) is 11.0. The molecule has 0 saturated carbocycles. The van der Waals surface area contributed by atoms with E-state index in [4.69, 9.17) is 20.3 Å². The first-order valence-corrected chi connectivity index (χ1v) is 8.59. The van der Waals surface area contributed by atoms with Crippen molar-refractivity contribution in [2.75, 3.05) is 5.73 Å². The Labute approximate surface area is 133 Å². The number of aromatic nitrogens is 4. The third-order valence-electron chi connectivity index (χ3n) is 3.22. The predicted molar refractivity (Wildman–Crippen MR) is 87.6 cm³/mol. The summed E-state index contributed by atoms with van der Waals surface area (Å²) >= 11 is 0. The van der Waals surface area contributed by atoms with Gasteiger partial charge in [-0.15, -0.1) is 0 Å². The van der Waals surface area contributed by atoms with Gasteiger partial charge in [0, 0.05) is 0 Å². The number of nitrogen functional groups attached to an aromatic ring is 1. The number of fused-ring (bicyclic) bond motifs is 1. The van der Waals surface area contributed by atoms with Crippen LogP contribution in [0.2, 0.25) is 0 Å². The number of nitrogens with zero attached hydrogens (tertiary/aromatic N) is 3. The van der Waals surface area contributed by atoms with Crippen molar-refractivity contribution < 1.29 is 14.5 Å². The summed E-state index contributed by atoms with van der Waals surface area (Å²) in [6.45, 7) is 4.00. The van der Waals surface area contributed by atoms with Gasteiger partial charge in [0.25, 0.3) is 5.56 Å². The van der Waals surface area contributed by atoms with Gasteiger partial charge in [-0.25, -0.2) is 4.98 Å². The number of nitrogens with two attached hydrogens (primary N) is 1. The van der Waals surface area contributed by atoms with Crippen molar-refractivity contribution in [1.82, 2.24) is 19.5 Å². The van der Waals surface area contributed by atoms with Crippen LogP contribution < -0.4 is 11.3 Å². The zero-order valence-corrected chi connectivity index (χ0v) is 13.8. The van der Waals surface area contributed by atoms with Gasteiger partial charge in [0.05, 0.1) is 12.4 Å². The Morgan fingerprint density at radius 2 is 2.22 bits per heavy atom. The summed E-state index contributed by atoms with van der Waals surface area (Å²) < 4.78 is 7.44. The Hall–Kier alpha value is -1.80. The Kier molecular flexibility index (Phi) is 5.84. The Balaban J connectivity index is 0.000000924. The van der Waals surface area contributed by atoms with Gasteiger partial charge < -0.3 is 20.3 Å². The molecule has 2 atom stereocenters. The minimum atomic E-state index is -2.07. The Morgan fingerprint density at radius 1 is 1.48 bits per heavy atom. The molecule has 0 bridgehead atoms. The van der Waals surface area contributed by atoms with Gasteiger partial charge in [-0.1, -0.05) is 19.9 Å². The van der Waals surface area contributed by atoms with Gasteiger partial charge in [-0.3, -0.25) is 14.3 Å². The maximum Gasteiger partial charge on any atom is 0.280 e. The van der Waals surface area contributed by atoms with Crippen molar-refractivity contribution in [1.29, 1.82) is 0 Å². The molecular formula is C13H20N5O4P. The minimum Gasteiger partial charge on any atom is -0.369 e. The number of hydrogen-bond donors (Lipinski definition) is 4. The van der Waals surface area contributed by atoms with Crippen molar-refractivity contribution in [3.8, 4) is 0 Å². The molecule has 23 heavy (non-hydrogen) atoms. The van der Waals surface area contributed by atoms with Gasteiger partial charge >= 0.3 is 0 Å². The fourth-order valence-electron chi connectivity index (χ4n) is 2.32. The molecular weight excluding hydrogens is 321 g/mol. The van der Waals surface area contributed by atoms with E-state index in [1.165, 1.54) is 12.1 Å². The van der Waals surface area contributed by atoms with Gasteiger partial charge in [-0.2, -0.15) is 4.98 Å². The van der Waals surface area contributed by atoms with Crippen LogP contribution in [-0.4, -0.2) is 35.4 Å². The molecule has 126 valence electrons. The molecule has 1 aliphatic rings. The first-order valence-electron chi connectivity index (χ1n) is 7.27. The van der Waals surface area contributed by atoms with E-state index in [9.17, 15) is 4.79 Å². The molecule has 0 radical (unpaired) electrons. The summed E-state index contributed by atoms with van der Waals surface area (Å²) in [5.41, 5.74) is 5.74. The molecule has 0 amide bonds. The van der Waals surface area contributed by atoms with Crippen LogP contribution in [0.25, 0.3) is 11.2 Å². The number of imidazole rings is 1. The van der Waals surface area contributed by atoms with Gasteiger partial charge in [0.15, 0.2) is 19.5 Å². The van der Waals surface area contributed by atoms with E-state index in [1.807, 2.05) is 13.8 Å². The van der Waals surface area contributed by atoms with E-state index in [2.05, 4.69) is 15.0 Å². The molecule has 5 N–H and O–H groups in total. The van der Waals surface area contributed by atoms with Crippen LogP contribution in [0, 0.1) is 0 Å². The molecule has 9 nitrogen and oxygen atoms in total. The lowest BCUT2D eigenvalue weighted by Gasteiger charge is -2.13. The van der Waals surface area contributed by atoms with Crippen LogP contribution in [0.15, 0.2) is 23.0 Å². The molecule has 2 aromatic heterocycles. The molecule has 0 aliphatic carbocycles. The van der Waals surface area contributed by atoms with Gasteiger partial charge in [0.1, 0.15) is 6.23 Å². The van der Waals surface area contributed by atoms with Crippen LogP contribution in [0.4, 0.5) is 5.95 Å². The van der Waals surface area contributed by atoms with Crippen LogP contribution in [-0.2, 0) is 4.74 Å². The normalized spacial score (nSPS) is 21.1. The number of H-pyrrole nitrogens is 1. The van der Waals surface area contributed by atoms with Crippen molar-refractivity contribution in [2.45, 2.75) is 39.0 Å². The molecule has 0 aromatic carbocycles. The first kappa shape index (κ1) is 17.6. The second-order valence-electron chi connectivity index (χ2n) is 4.64. The van der Waals surface area contributed by atoms with Crippen molar-refractivity contribution in [3.05, 3.63) is 28.6 Å². The highest BCUT2D eigenvalue weighted by Crippen LogP contribution is 2.32. The van der Waals surface area contributed by atoms with E-state index < -0.39 is 13.9 Å². The van der Waals surface area contributed by atoms with Crippen LogP contribution >= 0.6 is 8.38 Å². The summed E-state index contributed by atoms with van der Waals surface area (Å²) in [7, 11) is -2.07. The highest BCUT2D eigenvalue weighted by Gasteiger charge is 2.27. The van der Waals surface area contributed by atoms with Crippen molar-refractivity contribution in [3.63, 3.8) is 0 Å². The summed E-state index contributed by atoms with van der Waals surface area (Å²) in [4.78, 5) is 40.0. The third kappa shape index (κ3) is 3.94. The molecule has 1 fully saturated rings. The number of anilines is 1. The maximum atomic E-state index is 11.7. The van der Waals surface area contributed by atoms with Crippen molar-refractivity contribution in [2.24, 2.45) is 0 Å². The number of nitrogens with one attached hydrogen (secondary N) is 1. The fraction of sp³-hybridized carbons (Fsp3) is 0.462. The molecule has 2 aromatic rings. The predicted octanol–water partition coefficient (Wildman–Crippen LogP) is 1.22. The third-order valence-corrected chi connectivity index (χ3v) is 3.66. The minimum absolute atomic E-state index is 0.0231. The number of ether oxygens (including phenoxy) is 1. The molecule has 1 aliphatic heterocycles. The van der Waals surface area contributed by atoms with E-state index >= 15 is 0 Å². The average Bonchev–Trinajstić information content (AvgIpc) is 3.13. The van der Waals surface area contributed by atoms with E-state index in [-0.39, 0.29) is 23.8 Å². The highest BCUT2D eigenvalue weighted by atomic mass is 31.2. The lowest BCUT2D eigenvalue weighted by molar-refractivity contribution is 0.0259. The molecule has 2 unspecified atom stereocenters. The Morgan fingerprint density at radius 3 is 2.91 bits per heavy atom. The maximum absolute atomic E-state index is 11.7. The molecule has 1 saturated heterocycles. The summed E-state index contributed by atoms with van der Waals surface area (Å²) in [5.74, 6) is 1.34. The largest absolute Gasteiger partial charge is 0.369 e. The summed E-state index contributed by atoms with van der Waals surface area (Å²) in [6.07, 6.45) is 4.01. The highest BCUT2D eigenvalue weighted by molar-refractivity contribution is 7.48. The lowest BCUT2D eigenvalue weighted by atomic mass is 10.2. The van der Waals surface area contributed by atoms with Crippen LogP contribution in [0.1, 0.15) is 32.9 Å². The summed E-state index contributed by atoms with van der Waals surface area (Å²) in [5, 5.41) is 0. The quantitative estimate of drug-likeness (QED) is 0.615. The molecule has 3 rings (SSSR count). The number of hydrogen-bond acceptors (Lipinski definition) is 7. The molecule has 0 spiro atoms. The SMILES string of the molecule is CC.Nc1nc2c(ncn2C2CCC(/C=C/P(O)O)O2)c(=O)[nH]1. The number of rotatable bonds is 3. The smallest absolute Gasteiger partial charge is 0.280 e. The molecule has 3 heterocycles.